The van der Waals surface area contributed by atoms with Gasteiger partial charge in [-0.15, -0.1) is 0 Å². The quantitative estimate of drug-likeness (QED) is 0.852. The molecule has 4 atom stereocenters. The van der Waals surface area contributed by atoms with Gasteiger partial charge in [-0.05, 0) is 48.8 Å². The molecular weight excluding hydrogens is 292 g/mol. The van der Waals surface area contributed by atoms with Gasteiger partial charge in [0.25, 0.3) is 0 Å². The van der Waals surface area contributed by atoms with Gasteiger partial charge in [-0.2, -0.15) is 0 Å². The fraction of sp³-hybridized carbons (Fsp3) is 0.579. The van der Waals surface area contributed by atoms with E-state index in [1.54, 1.807) is 0 Å². The van der Waals surface area contributed by atoms with Gasteiger partial charge < -0.3 is 9.84 Å². The van der Waals surface area contributed by atoms with Crippen LogP contribution in [0.1, 0.15) is 54.2 Å². The van der Waals surface area contributed by atoms with Crippen molar-refractivity contribution in [3.05, 3.63) is 34.9 Å². The lowest BCUT2D eigenvalue weighted by Crippen LogP contribution is -2.39. The molecular formula is C19H22O4. The fourth-order valence-electron chi connectivity index (χ4n) is 5.71. The van der Waals surface area contributed by atoms with Crippen LogP contribution in [0.5, 0.6) is 0 Å². The molecule has 3 aliphatic carbocycles. The predicted octanol–water partition coefficient (Wildman–Crippen LogP) is 2.47. The number of benzene rings is 1. The van der Waals surface area contributed by atoms with E-state index >= 15 is 0 Å². The molecule has 4 heteroatoms. The lowest BCUT2D eigenvalue weighted by atomic mass is 9.60. The number of fused-ring (bicyclic) bond motifs is 3. The smallest absolute Gasteiger partial charge is 0.313 e. The van der Waals surface area contributed by atoms with E-state index in [1.165, 1.54) is 12.7 Å². The predicted molar refractivity (Wildman–Crippen MR) is 84.1 cm³/mol. The van der Waals surface area contributed by atoms with Gasteiger partial charge in [-0.1, -0.05) is 18.2 Å². The third-order valence-corrected chi connectivity index (χ3v) is 6.69. The van der Waals surface area contributed by atoms with Gasteiger partial charge in [0.1, 0.15) is 5.78 Å². The summed E-state index contributed by atoms with van der Waals surface area (Å²) >= 11 is 0. The summed E-state index contributed by atoms with van der Waals surface area (Å²) in [4.78, 5) is 25.4. The summed E-state index contributed by atoms with van der Waals surface area (Å²) in [6, 6.07) is 6.16. The maximum atomic E-state index is 12.7. The molecule has 0 saturated heterocycles. The first-order valence-electron chi connectivity index (χ1n) is 8.30. The normalized spacial score (nSPS) is 37.4. The average Bonchev–Trinajstić information content (AvgIpc) is 2.96. The number of carbonyl (C=O) groups excluding carboxylic acids is 2. The molecule has 0 radical (unpaired) electrons. The van der Waals surface area contributed by atoms with E-state index in [4.69, 9.17) is 4.74 Å². The molecule has 4 nitrogen and oxygen atoms in total. The third-order valence-electron chi connectivity index (χ3n) is 6.69. The van der Waals surface area contributed by atoms with E-state index in [2.05, 4.69) is 6.07 Å². The maximum Gasteiger partial charge on any atom is 0.313 e. The number of aliphatic hydroxyl groups excluding tert-OH is 1. The Morgan fingerprint density at radius 1 is 1.43 bits per heavy atom. The topological polar surface area (TPSA) is 63.6 Å². The molecule has 0 unspecified atom stereocenters. The van der Waals surface area contributed by atoms with Crippen LogP contribution in [-0.4, -0.2) is 30.6 Å². The Hall–Kier alpha value is -1.68. The number of Topliss-reactive ketones (excluding diaryl/α,β-unsaturated/α-hetero) is 1. The van der Waals surface area contributed by atoms with Crippen molar-refractivity contribution >= 4 is 11.8 Å². The molecule has 2 fully saturated rings. The van der Waals surface area contributed by atoms with Gasteiger partial charge >= 0.3 is 5.97 Å². The molecule has 0 aromatic heterocycles. The van der Waals surface area contributed by atoms with Crippen LogP contribution in [0, 0.1) is 17.8 Å². The fourth-order valence-corrected chi connectivity index (χ4v) is 5.71. The molecule has 1 N–H and O–H groups in total. The Balaban J connectivity index is 1.94. The number of hydrogen-bond donors (Lipinski definition) is 1. The molecule has 0 amide bonds. The summed E-state index contributed by atoms with van der Waals surface area (Å²) in [6.45, 7) is 1.92. The first kappa shape index (κ1) is 14.9. The number of aryl methyl sites for hydroxylation is 1. The molecule has 0 heterocycles. The van der Waals surface area contributed by atoms with Crippen molar-refractivity contribution in [1.29, 1.82) is 0 Å². The number of esters is 1. The van der Waals surface area contributed by atoms with E-state index in [9.17, 15) is 14.7 Å². The van der Waals surface area contributed by atoms with Crippen LogP contribution in [0.15, 0.2) is 18.2 Å². The number of hydrogen-bond acceptors (Lipinski definition) is 4. The van der Waals surface area contributed by atoms with Gasteiger partial charge in [0, 0.05) is 11.8 Å². The highest BCUT2D eigenvalue weighted by Crippen LogP contribution is 2.71. The summed E-state index contributed by atoms with van der Waals surface area (Å²) in [5, 5.41) is 9.87. The first-order chi connectivity index (χ1) is 11.0. The Labute approximate surface area is 135 Å². The van der Waals surface area contributed by atoms with Crippen LogP contribution < -0.4 is 0 Å². The Morgan fingerprint density at radius 2 is 2.22 bits per heavy atom. The van der Waals surface area contributed by atoms with E-state index in [0.717, 1.165) is 24.0 Å². The van der Waals surface area contributed by atoms with Crippen molar-refractivity contribution in [1.82, 2.24) is 0 Å². The van der Waals surface area contributed by atoms with Crippen molar-refractivity contribution in [2.24, 2.45) is 10.8 Å². The number of methoxy groups -OCH3 is 1. The molecule has 122 valence electrons. The zero-order valence-corrected chi connectivity index (χ0v) is 13.6. The van der Waals surface area contributed by atoms with Crippen molar-refractivity contribution < 1.29 is 19.4 Å². The van der Waals surface area contributed by atoms with Crippen LogP contribution in [0.2, 0.25) is 0 Å². The van der Waals surface area contributed by atoms with E-state index in [-0.39, 0.29) is 30.2 Å². The van der Waals surface area contributed by atoms with E-state index < -0.39 is 10.8 Å². The zero-order chi connectivity index (χ0) is 16.4. The van der Waals surface area contributed by atoms with Crippen LogP contribution in [0.25, 0.3) is 0 Å². The van der Waals surface area contributed by atoms with Crippen molar-refractivity contribution in [2.75, 3.05) is 13.7 Å². The molecule has 1 aromatic rings. The lowest BCUT2D eigenvalue weighted by molar-refractivity contribution is -0.146. The van der Waals surface area contributed by atoms with Crippen molar-refractivity contribution in [3.8, 4) is 0 Å². The molecule has 2 saturated carbocycles. The number of aliphatic hydroxyl groups is 1. The highest BCUT2D eigenvalue weighted by molar-refractivity contribution is 5.93. The largest absolute Gasteiger partial charge is 0.469 e. The second kappa shape index (κ2) is 4.67. The molecule has 1 aromatic carbocycles. The van der Waals surface area contributed by atoms with Gasteiger partial charge in [-0.25, -0.2) is 0 Å². The number of carbonyl (C=O) groups is 2. The molecule has 0 aliphatic heterocycles. The summed E-state index contributed by atoms with van der Waals surface area (Å²) in [7, 11) is 1.42. The van der Waals surface area contributed by atoms with E-state index in [0.29, 0.717) is 12.8 Å². The Bertz CT molecular complexity index is 709. The molecule has 2 bridgehead atoms. The second-order valence-corrected chi connectivity index (χ2v) is 7.57. The lowest BCUT2D eigenvalue weighted by Gasteiger charge is -2.42. The van der Waals surface area contributed by atoms with Crippen LogP contribution in [0.4, 0.5) is 0 Å². The molecule has 3 aliphatic rings. The molecule has 1 spiro atoms. The molecule has 4 rings (SSSR count). The SMILES string of the molecule is COC(=O)[C@H]1c2c(C)cccc2[C@H]2CC[C@@]3(CO)C[C@]21CC3=O. The minimum atomic E-state index is -0.640. The van der Waals surface area contributed by atoms with Crippen LogP contribution in [0.3, 0.4) is 0 Å². The van der Waals surface area contributed by atoms with Gasteiger partial charge in [0.15, 0.2) is 0 Å². The zero-order valence-electron chi connectivity index (χ0n) is 13.6. The minimum absolute atomic E-state index is 0.108. The van der Waals surface area contributed by atoms with Gasteiger partial charge in [0.2, 0.25) is 0 Å². The number of ether oxygens (including phenoxy) is 1. The second-order valence-electron chi connectivity index (χ2n) is 7.57. The summed E-state index contributed by atoms with van der Waals surface area (Å²) in [6.07, 6.45) is 2.56. The van der Waals surface area contributed by atoms with Crippen LogP contribution >= 0.6 is 0 Å². The average molecular weight is 314 g/mol. The van der Waals surface area contributed by atoms with Crippen molar-refractivity contribution in [3.63, 3.8) is 0 Å². The van der Waals surface area contributed by atoms with Crippen LogP contribution in [-0.2, 0) is 14.3 Å². The summed E-state index contributed by atoms with van der Waals surface area (Å²) < 4.78 is 5.13. The summed E-state index contributed by atoms with van der Waals surface area (Å²) in [5.41, 5.74) is 2.32. The summed E-state index contributed by atoms with van der Waals surface area (Å²) in [5.74, 6) is -0.285. The Kier molecular flexibility index (Phi) is 3.02. The Morgan fingerprint density at radius 3 is 2.91 bits per heavy atom. The third kappa shape index (κ3) is 1.65. The maximum absolute atomic E-state index is 12.7. The highest BCUT2D eigenvalue weighted by atomic mass is 16.5. The highest BCUT2D eigenvalue weighted by Gasteiger charge is 2.68. The minimum Gasteiger partial charge on any atom is -0.469 e. The van der Waals surface area contributed by atoms with Gasteiger partial charge in [-0.3, -0.25) is 9.59 Å². The monoisotopic (exact) mass is 314 g/mol. The van der Waals surface area contributed by atoms with E-state index in [1.807, 2.05) is 19.1 Å². The van der Waals surface area contributed by atoms with Crippen molar-refractivity contribution in [2.45, 2.75) is 44.4 Å². The first-order valence-corrected chi connectivity index (χ1v) is 8.30. The van der Waals surface area contributed by atoms with Gasteiger partial charge in [0.05, 0.1) is 25.0 Å². The standard InChI is InChI=1S/C19H22O4/c1-11-4-3-5-12-13-6-7-18(10-20)9-19(13,8-14(18)21)16(15(11)12)17(22)23-2/h3-5,13,16,20H,6-10H2,1-2H3/t13-,16-,18+,19-/m1/s1. The number of ketones is 1. The number of rotatable bonds is 2. The molecule has 23 heavy (non-hydrogen) atoms.